The summed E-state index contributed by atoms with van der Waals surface area (Å²) in [6.45, 7) is 7.73. The molecule has 184 valence electrons. The molecule has 35 heavy (non-hydrogen) atoms. The summed E-state index contributed by atoms with van der Waals surface area (Å²) in [5.41, 5.74) is 10.1. The lowest BCUT2D eigenvalue weighted by atomic mass is 10.0. The highest BCUT2D eigenvalue weighted by atomic mass is 16.2. The van der Waals surface area contributed by atoms with Crippen LogP contribution in [0.1, 0.15) is 54.6 Å². The van der Waals surface area contributed by atoms with Crippen molar-refractivity contribution in [1.29, 1.82) is 0 Å². The van der Waals surface area contributed by atoms with Crippen molar-refractivity contribution < 1.29 is 9.59 Å². The fraction of sp³-hybridized carbons (Fsp3) is 0.393. The normalized spacial score (nSPS) is 15.4. The number of aliphatic imine (C=N–C) groups is 1. The van der Waals surface area contributed by atoms with Gasteiger partial charge in [-0.3, -0.25) is 9.59 Å². The number of fused-ring (bicyclic) bond motifs is 1. The highest BCUT2D eigenvalue weighted by molar-refractivity contribution is 6.06. The summed E-state index contributed by atoms with van der Waals surface area (Å²) in [6, 6.07) is 16.0. The molecule has 0 unspecified atom stereocenters. The third-order valence-electron chi connectivity index (χ3n) is 6.40. The van der Waals surface area contributed by atoms with E-state index in [1.165, 1.54) is 5.56 Å². The number of nitrogens with one attached hydrogen (secondary N) is 1. The van der Waals surface area contributed by atoms with E-state index in [4.69, 9.17) is 5.73 Å². The predicted molar refractivity (Wildman–Crippen MR) is 140 cm³/mol. The third-order valence-corrected chi connectivity index (χ3v) is 6.40. The van der Waals surface area contributed by atoms with E-state index in [9.17, 15) is 9.59 Å². The van der Waals surface area contributed by atoms with E-state index >= 15 is 0 Å². The molecule has 2 amide bonds. The molecule has 3 N–H and O–H groups in total. The second-order valence-electron chi connectivity index (χ2n) is 9.29. The number of carbonyl (C=O) groups is 2. The zero-order valence-electron chi connectivity index (χ0n) is 20.7. The minimum absolute atomic E-state index is 0.00877. The van der Waals surface area contributed by atoms with Gasteiger partial charge in [0, 0.05) is 61.9 Å². The van der Waals surface area contributed by atoms with E-state index in [0.29, 0.717) is 48.2 Å². The molecule has 2 aromatic rings. The van der Waals surface area contributed by atoms with Crippen molar-refractivity contribution in [2.75, 3.05) is 26.2 Å². The number of rotatable bonds is 9. The highest BCUT2D eigenvalue weighted by Gasteiger charge is 2.31. The number of carbonyl (C=O) groups excluding carboxylic acids is 2. The molecule has 4 rings (SSSR count). The molecular weight excluding hydrogens is 438 g/mol. The number of benzene rings is 2. The van der Waals surface area contributed by atoms with E-state index in [1.807, 2.05) is 46.2 Å². The van der Waals surface area contributed by atoms with E-state index in [-0.39, 0.29) is 11.8 Å². The molecule has 2 aliphatic heterocycles. The Hall–Kier alpha value is -3.45. The van der Waals surface area contributed by atoms with Gasteiger partial charge in [0.1, 0.15) is 5.84 Å². The van der Waals surface area contributed by atoms with Crippen molar-refractivity contribution in [2.45, 2.75) is 45.7 Å². The van der Waals surface area contributed by atoms with Crippen molar-refractivity contribution >= 4 is 29.4 Å². The van der Waals surface area contributed by atoms with Gasteiger partial charge in [-0.2, -0.15) is 0 Å². The number of hydrogen-bond acceptors (Lipinski definition) is 5. The topological polar surface area (TPSA) is 91.0 Å². The maximum absolute atomic E-state index is 13.2. The fourth-order valence-corrected chi connectivity index (χ4v) is 4.53. The Bertz CT molecular complexity index is 1110. The molecule has 7 heteroatoms. The minimum Gasteiger partial charge on any atom is -0.387 e. The molecule has 0 atom stereocenters. The van der Waals surface area contributed by atoms with Gasteiger partial charge in [0.15, 0.2) is 0 Å². The maximum atomic E-state index is 13.2. The van der Waals surface area contributed by atoms with Crippen LogP contribution in [0.4, 0.5) is 5.69 Å². The summed E-state index contributed by atoms with van der Waals surface area (Å²) >= 11 is 0. The molecular formula is C28H35N5O2. The first-order valence-corrected chi connectivity index (χ1v) is 12.5. The first kappa shape index (κ1) is 24.7. The Kier molecular flexibility index (Phi) is 7.98. The summed E-state index contributed by atoms with van der Waals surface area (Å²) in [5, 5.41) is 3.50. The molecule has 0 spiro atoms. The number of amidine groups is 1. The van der Waals surface area contributed by atoms with Gasteiger partial charge in [0.05, 0.1) is 5.69 Å². The predicted octanol–water partition coefficient (Wildman–Crippen LogP) is 3.73. The van der Waals surface area contributed by atoms with Crippen LogP contribution >= 0.6 is 0 Å². The summed E-state index contributed by atoms with van der Waals surface area (Å²) in [6.07, 6.45) is 4.00. The van der Waals surface area contributed by atoms with Crippen LogP contribution in [0.3, 0.4) is 0 Å². The van der Waals surface area contributed by atoms with E-state index in [2.05, 4.69) is 36.3 Å². The van der Waals surface area contributed by atoms with Crippen LogP contribution in [-0.4, -0.2) is 59.7 Å². The highest BCUT2D eigenvalue weighted by Crippen LogP contribution is 2.29. The van der Waals surface area contributed by atoms with Gasteiger partial charge < -0.3 is 20.9 Å². The van der Waals surface area contributed by atoms with Crippen molar-refractivity contribution in [3.8, 4) is 0 Å². The monoisotopic (exact) mass is 473 g/mol. The zero-order valence-corrected chi connectivity index (χ0v) is 20.7. The van der Waals surface area contributed by atoms with Crippen molar-refractivity contribution in [3.63, 3.8) is 0 Å². The van der Waals surface area contributed by atoms with E-state index < -0.39 is 0 Å². The summed E-state index contributed by atoms with van der Waals surface area (Å²) in [7, 11) is 0. The number of nitrogens with two attached hydrogens (primary N) is 1. The van der Waals surface area contributed by atoms with Gasteiger partial charge in [-0.15, -0.1) is 0 Å². The zero-order chi connectivity index (χ0) is 24.8. The second-order valence-corrected chi connectivity index (χ2v) is 9.29. The van der Waals surface area contributed by atoms with Crippen LogP contribution < -0.4 is 11.1 Å². The van der Waals surface area contributed by atoms with Gasteiger partial charge in [-0.25, -0.2) is 4.99 Å². The Morgan fingerprint density at radius 1 is 1.09 bits per heavy atom. The summed E-state index contributed by atoms with van der Waals surface area (Å²) in [5.74, 6) is 0.380. The smallest absolute Gasteiger partial charge is 0.254 e. The molecule has 0 bridgehead atoms. The number of likely N-dealkylation sites (tertiary alicyclic amines) is 1. The second kappa shape index (κ2) is 11.3. The average molecular weight is 474 g/mol. The van der Waals surface area contributed by atoms with Crippen LogP contribution in [0.15, 0.2) is 59.1 Å². The van der Waals surface area contributed by atoms with Gasteiger partial charge in [-0.05, 0) is 36.6 Å². The van der Waals surface area contributed by atoms with Crippen molar-refractivity contribution in [1.82, 2.24) is 15.1 Å². The Labute approximate surface area is 207 Å². The van der Waals surface area contributed by atoms with Crippen LogP contribution in [0, 0.1) is 0 Å². The Balaban J connectivity index is 1.42. The summed E-state index contributed by atoms with van der Waals surface area (Å²) in [4.78, 5) is 34.5. The lowest BCUT2D eigenvalue weighted by Crippen LogP contribution is -2.59. The molecule has 2 aromatic carbocycles. The molecule has 2 aliphatic rings. The minimum atomic E-state index is -0.0130. The summed E-state index contributed by atoms with van der Waals surface area (Å²) < 4.78 is 0. The molecule has 0 radical (unpaired) electrons. The molecule has 0 aliphatic carbocycles. The first-order chi connectivity index (χ1) is 17.0. The number of hydrogen-bond donors (Lipinski definition) is 2. The SMILES string of the molecule is CCCN(CCC)C(=O)C1=Cc2ccc(C(=O)N3CC(NCc4ccccc4)C3)cc2N=C(N)C1. The van der Waals surface area contributed by atoms with Crippen LogP contribution in [0.2, 0.25) is 0 Å². The quantitative estimate of drug-likeness (QED) is 0.581. The van der Waals surface area contributed by atoms with Crippen LogP contribution in [-0.2, 0) is 11.3 Å². The molecule has 2 heterocycles. The largest absolute Gasteiger partial charge is 0.387 e. The molecule has 1 fully saturated rings. The number of nitrogens with zero attached hydrogens (tertiary/aromatic N) is 3. The lowest BCUT2D eigenvalue weighted by molar-refractivity contribution is -0.127. The first-order valence-electron chi connectivity index (χ1n) is 12.5. The average Bonchev–Trinajstić information content (AvgIpc) is 3.00. The van der Waals surface area contributed by atoms with Crippen LogP contribution in [0.25, 0.3) is 6.08 Å². The van der Waals surface area contributed by atoms with Crippen molar-refractivity contribution in [2.24, 2.45) is 10.7 Å². The molecule has 0 aromatic heterocycles. The van der Waals surface area contributed by atoms with Gasteiger partial charge in [0.2, 0.25) is 5.91 Å². The third kappa shape index (κ3) is 5.98. The Morgan fingerprint density at radius 2 is 1.80 bits per heavy atom. The molecule has 7 nitrogen and oxygen atoms in total. The molecule has 0 saturated carbocycles. The Morgan fingerprint density at radius 3 is 2.49 bits per heavy atom. The van der Waals surface area contributed by atoms with Gasteiger partial charge in [0.25, 0.3) is 5.91 Å². The van der Waals surface area contributed by atoms with Gasteiger partial charge in [-0.1, -0.05) is 50.2 Å². The standard InChI is InChI=1S/C28H35N5O2/c1-3-12-32(13-4-2)28(35)23-14-21-10-11-22(15-25(21)31-26(29)16-23)27(34)33-18-24(19-33)30-17-20-8-6-5-7-9-20/h5-11,14-15,24,30H,3-4,12-13,16-19H2,1-2H3,(H2,29,31). The lowest BCUT2D eigenvalue weighted by Gasteiger charge is -2.40. The van der Waals surface area contributed by atoms with Crippen molar-refractivity contribution in [3.05, 3.63) is 70.8 Å². The maximum Gasteiger partial charge on any atom is 0.254 e. The van der Waals surface area contributed by atoms with Crippen LogP contribution in [0.5, 0.6) is 0 Å². The van der Waals surface area contributed by atoms with E-state index in [1.54, 1.807) is 6.07 Å². The van der Waals surface area contributed by atoms with Gasteiger partial charge >= 0.3 is 0 Å². The number of amides is 2. The fourth-order valence-electron chi connectivity index (χ4n) is 4.53. The van der Waals surface area contributed by atoms with E-state index in [0.717, 1.165) is 38.0 Å². The molecule has 1 saturated heterocycles.